The van der Waals surface area contributed by atoms with E-state index in [0.29, 0.717) is 28.3 Å². The number of anilines is 1. The Kier molecular flexibility index (Phi) is 3.80. The maximum atomic E-state index is 12.8. The van der Waals surface area contributed by atoms with Gasteiger partial charge in [-0.25, -0.2) is 4.79 Å². The molecule has 0 saturated carbocycles. The van der Waals surface area contributed by atoms with Crippen LogP contribution in [-0.4, -0.2) is 35.5 Å². The third-order valence-corrected chi connectivity index (χ3v) is 5.27. The van der Waals surface area contributed by atoms with Crippen LogP contribution in [0.25, 0.3) is 10.9 Å². The van der Waals surface area contributed by atoms with Crippen LogP contribution in [0.1, 0.15) is 26.7 Å². The van der Waals surface area contributed by atoms with Crippen molar-refractivity contribution in [3.05, 3.63) is 27.5 Å². The lowest BCUT2D eigenvalue weighted by atomic mass is 10.0. The highest BCUT2D eigenvalue weighted by Gasteiger charge is 2.34. The van der Waals surface area contributed by atoms with Gasteiger partial charge >= 0.3 is 6.16 Å². The van der Waals surface area contributed by atoms with Crippen molar-refractivity contribution in [3.63, 3.8) is 0 Å². The average molecular weight is 379 g/mol. The van der Waals surface area contributed by atoms with E-state index in [4.69, 9.17) is 26.2 Å². The number of hydrogen-bond donors (Lipinski definition) is 1. The van der Waals surface area contributed by atoms with Crippen molar-refractivity contribution in [3.8, 4) is 11.5 Å². The van der Waals surface area contributed by atoms with Gasteiger partial charge in [0, 0.05) is 13.1 Å². The van der Waals surface area contributed by atoms with Gasteiger partial charge < -0.3 is 24.0 Å². The minimum absolute atomic E-state index is 0.240. The van der Waals surface area contributed by atoms with Crippen molar-refractivity contribution in [2.24, 2.45) is 0 Å². The number of aromatic nitrogens is 1. The molecule has 138 valence electrons. The van der Waals surface area contributed by atoms with Gasteiger partial charge in [-0.3, -0.25) is 4.79 Å². The molecule has 0 amide bonds. The molecule has 4 rings (SSSR count). The fourth-order valence-electron chi connectivity index (χ4n) is 3.73. The minimum atomic E-state index is -1.53. The summed E-state index contributed by atoms with van der Waals surface area (Å²) < 4.78 is 12.6. The number of carboxylic acid groups (broad SMARTS) is 1. The van der Waals surface area contributed by atoms with Gasteiger partial charge in [0.1, 0.15) is 12.3 Å². The van der Waals surface area contributed by atoms with Gasteiger partial charge in [0.2, 0.25) is 5.43 Å². The van der Waals surface area contributed by atoms with Crippen molar-refractivity contribution in [2.75, 3.05) is 24.6 Å². The summed E-state index contributed by atoms with van der Waals surface area (Å²) >= 11 is 6.52. The standard InChI is InChI=1S/C18H19ClN2O5/c1-18(2)9-25-16-13-10(7-11(19)14(16)20-5-3-4-6-20)15(22)12(8-21(13)18)26-17(23)24/h7-8H,3-6,9H2,1-2H3,(H,23,24). The summed E-state index contributed by atoms with van der Waals surface area (Å²) in [6.07, 6.45) is 2.08. The molecule has 1 N–H and O–H groups in total. The highest BCUT2D eigenvalue weighted by Crippen LogP contribution is 2.46. The average Bonchev–Trinajstić information content (AvgIpc) is 3.08. The molecule has 8 heteroatoms. The van der Waals surface area contributed by atoms with Gasteiger partial charge in [0.25, 0.3) is 0 Å². The molecule has 0 radical (unpaired) electrons. The van der Waals surface area contributed by atoms with Crippen LogP contribution in [0.2, 0.25) is 5.02 Å². The highest BCUT2D eigenvalue weighted by atomic mass is 35.5. The smallest absolute Gasteiger partial charge is 0.487 e. The number of benzene rings is 1. The first-order valence-electron chi connectivity index (χ1n) is 8.50. The maximum Gasteiger partial charge on any atom is 0.511 e. The van der Waals surface area contributed by atoms with Gasteiger partial charge in [0.15, 0.2) is 11.5 Å². The summed E-state index contributed by atoms with van der Waals surface area (Å²) in [6, 6.07) is 1.59. The van der Waals surface area contributed by atoms with Crippen LogP contribution in [0, 0.1) is 0 Å². The maximum absolute atomic E-state index is 12.8. The van der Waals surface area contributed by atoms with Crippen molar-refractivity contribution in [1.82, 2.24) is 4.57 Å². The largest absolute Gasteiger partial charge is 0.511 e. The molecule has 1 fully saturated rings. The molecular weight excluding hydrogens is 360 g/mol. The summed E-state index contributed by atoms with van der Waals surface area (Å²) in [5.74, 6) is 0.337. The molecule has 1 aromatic carbocycles. The molecule has 7 nitrogen and oxygen atoms in total. The molecule has 0 unspecified atom stereocenters. The minimum Gasteiger partial charge on any atom is -0.487 e. The molecule has 1 aromatic heterocycles. The molecule has 2 aliphatic rings. The second kappa shape index (κ2) is 5.81. The van der Waals surface area contributed by atoms with Gasteiger partial charge in [-0.15, -0.1) is 0 Å². The topological polar surface area (TPSA) is 81.0 Å². The number of hydrogen-bond acceptors (Lipinski definition) is 5. The summed E-state index contributed by atoms with van der Waals surface area (Å²) in [5, 5.41) is 9.65. The molecule has 0 aliphatic carbocycles. The first-order chi connectivity index (χ1) is 12.3. The lowest BCUT2D eigenvalue weighted by molar-refractivity contribution is 0.142. The summed E-state index contributed by atoms with van der Waals surface area (Å²) in [7, 11) is 0. The number of halogens is 1. The molecule has 2 aromatic rings. The molecule has 26 heavy (non-hydrogen) atoms. The zero-order valence-electron chi connectivity index (χ0n) is 14.5. The van der Waals surface area contributed by atoms with Crippen LogP contribution in [-0.2, 0) is 5.54 Å². The molecular formula is C18H19ClN2O5. The van der Waals surface area contributed by atoms with Gasteiger partial charge in [-0.1, -0.05) is 11.6 Å². The normalized spacial score (nSPS) is 18.0. The van der Waals surface area contributed by atoms with E-state index < -0.39 is 17.1 Å². The number of pyridine rings is 1. The van der Waals surface area contributed by atoms with Gasteiger partial charge in [-0.2, -0.15) is 0 Å². The fourth-order valence-corrected chi connectivity index (χ4v) is 4.04. The van der Waals surface area contributed by atoms with E-state index in [1.807, 2.05) is 18.4 Å². The first-order valence-corrected chi connectivity index (χ1v) is 8.88. The Morgan fingerprint density at radius 3 is 2.69 bits per heavy atom. The zero-order valence-corrected chi connectivity index (χ0v) is 15.3. The Morgan fingerprint density at radius 2 is 2.04 bits per heavy atom. The SMILES string of the molecule is CC1(C)COc2c(N3CCCC3)c(Cl)cc3c(=O)c(OC(=O)O)cn1c23. The summed E-state index contributed by atoms with van der Waals surface area (Å²) in [6.45, 7) is 6.04. The Labute approximate surface area is 154 Å². The van der Waals surface area contributed by atoms with E-state index in [1.54, 1.807) is 6.07 Å². The number of carbonyl (C=O) groups is 1. The number of rotatable bonds is 2. The molecule has 1 saturated heterocycles. The Morgan fingerprint density at radius 1 is 1.35 bits per heavy atom. The van der Waals surface area contributed by atoms with E-state index in [1.165, 1.54) is 6.20 Å². The summed E-state index contributed by atoms with van der Waals surface area (Å²) in [5.41, 5.74) is 0.421. The van der Waals surface area contributed by atoms with Crippen molar-refractivity contribution in [2.45, 2.75) is 32.2 Å². The molecule has 3 heterocycles. The third-order valence-electron chi connectivity index (χ3n) is 4.98. The van der Waals surface area contributed by atoms with E-state index in [0.717, 1.165) is 31.6 Å². The Balaban J connectivity index is 2.08. The molecule has 0 spiro atoms. The van der Waals surface area contributed by atoms with Crippen LogP contribution in [0.15, 0.2) is 17.1 Å². The predicted octanol–water partition coefficient (Wildman–Crippen LogP) is 3.44. The number of nitrogens with zero attached hydrogens (tertiary/aromatic N) is 2. The van der Waals surface area contributed by atoms with E-state index >= 15 is 0 Å². The fraction of sp³-hybridized carbons (Fsp3) is 0.444. The Hall–Kier alpha value is -2.41. The lowest BCUT2D eigenvalue weighted by Gasteiger charge is -2.37. The van der Waals surface area contributed by atoms with Crippen molar-refractivity contribution in [1.29, 1.82) is 0 Å². The highest BCUT2D eigenvalue weighted by molar-refractivity contribution is 6.34. The van der Waals surface area contributed by atoms with Crippen molar-refractivity contribution < 1.29 is 19.4 Å². The molecule has 2 aliphatic heterocycles. The second-order valence-corrected chi connectivity index (χ2v) is 7.70. The van der Waals surface area contributed by atoms with Crippen LogP contribution in [0.5, 0.6) is 11.5 Å². The monoisotopic (exact) mass is 378 g/mol. The van der Waals surface area contributed by atoms with Gasteiger partial charge in [0.05, 0.1) is 27.7 Å². The zero-order chi connectivity index (χ0) is 18.6. The summed E-state index contributed by atoms with van der Waals surface area (Å²) in [4.78, 5) is 25.9. The van der Waals surface area contributed by atoms with Gasteiger partial charge in [-0.05, 0) is 32.8 Å². The second-order valence-electron chi connectivity index (χ2n) is 7.29. The Bertz CT molecular complexity index is 976. The van der Waals surface area contributed by atoms with Crippen LogP contribution < -0.4 is 19.8 Å². The number of ether oxygens (including phenoxy) is 2. The van der Waals surface area contributed by atoms with E-state index in [9.17, 15) is 9.59 Å². The predicted molar refractivity (Wildman–Crippen MR) is 98.1 cm³/mol. The van der Waals surface area contributed by atoms with Crippen LogP contribution in [0.3, 0.4) is 0 Å². The lowest BCUT2D eigenvalue weighted by Crippen LogP contribution is -2.38. The third kappa shape index (κ3) is 2.49. The molecule has 0 atom stereocenters. The quantitative estimate of drug-likeness (QED) is 0.806. The van der Waals surface area contributed by atoms with E-state index in [2.05, 4.69) is 4.90 Å². The first kappa shape index (κ1) is 17.0. The van der Waals surface area contributed by atoms with Crippen molar-refractivity contribution >= 4 is 34.3 Å². The van der Waals surface area contributed by atoms with E-state index in [-0.39, 0.29) is 5.75 Å². The van der Waals surface area contributed by atoms with Crippen LogP contribution >= 0.6 is 11.6 Å². The molecule has 0 bridgehead atoms. The van der Waals surface area contributed by atoms with Crippen LogP contribution in [0.4, 0.5) is 10.5 Å².